The van der Waals surface area contributed by atoms with E-state index in [4.69, 9.17) is 9.47 Å². The van der Waals surface area contributed by atoms with E-state index < -0.39 is 35.4 Å². The van der Waals surface area contributed by atoms with Crippen LogP contribution in [0.15, 0.2) is 35.3 Å². The average Bonchev–Trinajstić information content (AvgIpc) is 3.07. The molecule has 0 aromatic carbocycles. The van der Waals surface area contributed by atoms with Crippen LogP contribution in [0.25, 0.3) is 0 Å². The zero-order valence-corrected chi connectivity index (χ0v) is 21.0. The number of unbranched alkanes of at least 4 members (excludes halogenated alkanes) is 3. The van der Waals surface area contributed by atoms with Crippen LogP contribution in [0.2, 0.25) is 0 Å². The Morgan fingerprint density at radius 3 is 2.63 bits per heavy atom. The molecule has 0 aromatic heterocycles. The fourth-order valence-corrected chi connectivity index (χ4v) is 6.14. The molecule has 7 heteroatoms. The fraction of sp³-hybridized carbons (Fsp3) is 0.643. The number of allylic oxidation sites excluding steroid dienone is 3. The van der Waals surface area contributed by atoms with Crippen molar-refractivity contribution in [3.63, 3.8) is 0 Å². The summed E-state index contributed by atoms with van der Waals surface area (Å²) in [4.78, 5) is 52.2. The predicted molar refractivity (Wildman–Crippen MR) is 128 cm³/mol. The van der Waals surface area contributed by atoms with Gasteiger partial charge in [0.25, 0.3) is 0 Å². The lowest BCUT2D eigenvalue weighted by molar-refractivity contribution is -0.156. The van der Waals surface area contributed by atoms with E-state index in [9.17, 15) is 24.3 Å². The Balaban J connectivity index is 1.60. The first-order valence-corrected chi connectivity index (χ1v) is 12.9. The highest BCUT2D eigenvalue weighted by Gasteiger charge is 2.62. The van der Waals surface area contributed by atoms with Crippen molar-refractivity contribution in [3.05, 3.63) is 35.3 Å². The van der Waals surface area contributed by atoms with Crippen LogP contribution in [0.3, 0.4) is 0 Å². The second kappa shape index (κ2) is 9.84. The Morgan fingerprint density at radius 2 is 1.94 bits per heavy atom. The van der Waals surface area contributed by atoms with Crippen molar-refractivity contribution in [3.8, 4) is 0 Å². The topological polar surface area (TPSA) is 107 Å². The lowest BCUT2D eigenvalue weighted by atomic mass is 9.66. The molecule has 190 valence electrons. The van der Waals surface area contributed by atoms with Gasteiger partial charge in [0.2, 0.25) is 0 Å². The maximum absolute atomic E-state index is 13.4. The molecule has 1 saturated heterocycles. The number of esters is 1. The van der Waals surface area contributed by atoms with Gasteiger partial charge in [0.1, 0.15) is 17.5 Å². The molecule has 0 aromatic rings. The van der Waals surface area contributed by atoms with Gasteiger partial charge >= 0.3 is 5.97 Å². The number of ketones is 3. The normalized spacial score (nSPS) is 35.2. The van der Waals surface area contributed by atoms with Crippen LogP contribution in [0, 0.1) is 29.6 Å². The number of hydrogen-bond acceptors (Lipinski definition) is 7. The summed E-state index contributed by atoms with van der Waals surface area (Å²) in [6.07, 6.45) is 9.34. The highest BCUT2D eigenvalue weighted by molar-refractivity contribution is 6.10. The van der Waals surface area contributed by atoms with E-state index in [0.29, 0.717) is 29.7 Å². The maximum atomic E-state index is 13.4. The van der Waals surface area contributed by atoms with E-state index in [1.54, 1.807) is 13.0 Å². The molecule has 0 amide bonds. The minimum absolute atomic E-state index is 0.0695. The third-order valence-corrected chi connectivity index (χ3v) is 8.14. The summed E-state index contributed by atoms with van der Waals surface area (Å²) >= 11 is 0. The molecule has 7 nitrogen and oxygen atoms in total. The molecule has 2 heterocycles. The highest BCUT2D eigenvalue weighted by atomic mass is 16.6. The zero-order valence-electron chi connectivity index (χ0n) is 21.0. The lowest BCUT2D eigenvalue weighted by Gasteiger charge is -2.38. The quantitative estimate of drug-likeness (QED) is 0.315. The molecule has 1 N–H and O–H groups in total. The zero-order chi connectivity index (χ0) is 25.5. The van der Waals surface area contributed by atoms with Gasteiger partial charge in [-0.15, -0.1) is 0 Å². The predicted octanol–water partition coefficient (Wildman–Crippen LogP) is 3.99. The van der Waals surface area contributed by atoms with E-state index in [2.05, 4.69) is 6.92 Å². The van der Waals surface area contributed by atoms with Crippen LogP contribution in [-0.4, -0.2) is 40.1 Å². The Kier molecular flexibility index (Phi) is 7.18. The molecule has 35 heavy (non-hydrogen) atoms. The van der Waals surface area contributed by atoms with E-state index in [0.717, 1.165) is 25.7 Å². The van der Waals surface area contributed by atoms with Crippen LogP contribution in [-0.2, 0) is 28.7 Å². The second-order valence-electron chi connectivity index (χ2n) is 10.9. The van der Waals surface area contributed by atoms with Crippen molar-refractivity contribution in [2.24, 2.45) is 29.6 Å². The summed E-state index contributed by atoms with van der Waals surface area (Å²) in [5.74, 6) is -3.68. The maximum Gasteiger partial charge on any atom is 0.318 e. The van der Waals surface area contributed by atoms with Crippen LogP contribution in [0.1, 0.15) is 72.6 Å². The molecular weight excluding hydrogens is 448 g/mol. The summed E-state index contributed by atoms with van der Waals surface area (Å²) in [7, 11) is 0. The molecule has 4 rings (SSSR count). The Labute approximate surface area is 206 Å². The van der Waals surface area contributed by atoms with Crippen LogP contribution >= 0.6 is 0 Å². The van der Waals surface area contributed by atoms with Gasteiger partial charge in [-0.2, -0.15) is 0 Å². The van der Waals surface area contributed by atoms with Crippen LogP contribution in [0.5, 0.6) is 0 Å². The van der Waals surface area contributed by atoms with Crippen molar-refractivity contribution in [2.75, 3.05) is 0 Å². The standard InChI is InChI=1S/C28H36O7/c1-5-6-7-8-9-15(2)26(32)24-25-19-14-34-21(23-16(3)10-18(29)13-20(23)30)11-17(19)12-22(31)28(25,4)35-27(24)33/h11-12,14-16,18,23-25,29H,5-10,13H2,1-4H3. The molecule has 4 aliphatic rings. The van der Waals surface area contributed by atoms with Gasteiger partial charge < -0.3 is 14.6 Å². The molecule has 7 unspecified atom stereocenters. The number of hydrogen-bond donors (Lipinski definition) is 1. The SMILES string of the molecule is CCCCCCC(C)C(=O)C1C(=O)OC2(C)C(=O)C=C3C=C(C4C(=O)CC(O)CC4C)OC=C3C12. The van der Waals surface area contributed by atoms with Gasteiger partial charge in [-0.1, -0.05) is 46.5 Å². The van der Waals surface area contributed by atoms with Crippen molar-refractivity contribution in [1.82, 2.24) is 0 Å². The van der Waals surface area contributed by atoms with Crippen LogP contribution in [0.4, 0.5) is 0 Å². The average molecular weight is 485 g/mol. The third-order valence-electron chi connectivity index (χ3n) is 8.14. The summed E-state index contributed by atoms with van der Waals surface area (Å²) in [6, 6.07) is 0. The Morgan fingerprint density at radius 1 is 1.20 bits per heavy atom. The Hall–Kier alpha value is -2.54. The summed E-state index contributed by atoms with van der Waals surface area (Å²) in [5, 5.41) is 9.92. The third kappa shape index (κ3) is 4.55. The fourth-order valence-electron chi connectivity index (χ4n) is 6.14. The molecule has 0 spiro atoms. The number of Topliss-reactive ketones (excluding diaryl/α,β-unsaturated/α-hetero) is 2. The van der Waals surface area contributed by atoms with Gasteiger partial charge in [-0.05, 0) is 43.4 Å². The van der Waals surface area contributed by atoms with Crippen molar-refractivity contribution in [1.29, 1.82) is 0 Å². The van der Waals surface area contributed by atoms with Crippen molar-refractivity contribution < 1.29 is 33.8 Å². The first kappa shape index (κ1) is 25.5. The molecule has 1 saturated carbocycles. The first-order chi connectivity index (χ1) is 16.6. The number of carbonyl (C=O) groups excluding carboxylic acids is 4. The molecule has 0 bridgehead atoms. The van der Waals surface area contributed by atoms with E-state index >= 15 is 0 Å². The molecule has 2 fully saturated rings. The summed E-state index contributed by atoms with van der Waals surface area (Å²) in [6.45, 7) is 7.43. The number of ether oxygens (including phenoxy) is 2. The van der Waals surface area contributed by atoms with Gasteiger partial charge in [-0.25, -0.2) is 0 Å². The molecule has 2 aliphatic heterocycles. The van der Waals surface area contributed by atoms with Crippen molar-refractivity contribution in [2.45, 2.75) is 84.3 Å². The summed E-state index contributed by atoms with van der Waals surface area (Å²) in [5.41, 5.74) is -0.327. The molecule has 7 atom stereocenters. The van der Waals surface area contributed by atoms with Gasteiger partial charge in [0.05, 0.1) is 24.2 Å². The lowest BCUT2D eigenvalue weighted by Crippen LogP contribution is -2.47. The minimum atomic E-state index is -1.46. The second-order valence-corrected chi connectivity index (χ2v) is 10.9. The van der Waals surface area contributed by atoms with E-state index in [-0.39, 0.29) is 35.6 Å². The monoisotopic (exact) mass is 484 g/mol. The van der Waals surface area contributed by atoms with Crippen molar-refractivity contribution >= 4 is 23.3 Å². The smallest absolute Gasteiger partial charge is 0.318 e. The molecular formula is C28H36O7. The Bertz CT molecular complexity index is 1020. The minimum Gasteiger partial charge on any atom is -0.468 e. The van der Waals surface area contributed by atoms with Gasteiger partial charge in [0, 0.05) is 17.9 Å². The number of carbonyl (C=O) groups is 4. The number of rotatable bonds is 8. The van der Waals surface area contributed by atoms with Gasteiger partial charge in [0.15, 0.2) is 17.2 Å². The first-order valence-electron chi connectivity index (χ1n) is 12.9. The number of aliphatic hydroxyl groups is 1. The van der Waals surface area contributed by atoms with E-state index in [1.165, 1.54) is 12.3 Å². The largest absolute Gasteiger partial charge is 0.468 e. The summed E-state index contributed by atoms with van der Waals surface area (Å²) < 4.78 is 11.5. The van der Waals surface area contributed by atoms with Gasteiger partial charge in [-0.3, -0.25) is 19.2 Å². The highest BCUT2D eigenvalue weighted by Crippen LogP contribution is 2.51. The molecule has 2 aliphatic carbocycles. The number of fused-ring (bicyclic) bond motifs is 3. The molecule has 0 radical (unpaired) electrons. The van der Waals surface area contributed by atoms with E-state index in [1.807, 2.05) is 13.8 Å². The number of aliphatic hydroxyl groups excluding tert-OH is 1. The van der Waals surface area contributed by atoms with Crippen LogP contribution < -0.4 is 0 Å².